The molecule has 3 heterocycles. The zero-order chi connectivity index (χ0) is 23.7. The number of hydrogen-bond donors (Lipinski definition) is 1. The number of nitriles is 2. The Balaban J connectivity index is 1.60. The molecule has 0 atom stereocenters. The third-order valence-electron chi connectivity index (χ3n) is 6.11. The van der Waals surface area contributed by atoms with Crippen molar-refractivity contribution in [3.8, 4) is 34.7 Å². The molecule has 1 aromatic carbocycles. The van der Waals surface area contributed by atoms with E-state index in [1.54, 1.807) is 23.3 Å². The minimum atomic E-state index is -0.548. The highest BCUT2D eigenvalue weighted by Gasteiger charge is 2.48. The predicted molar refractivity (Wildman–Crippen MR) is 125 cm³/mol. The summed E-state index contributed by atoms with van der Waals surface area (Å²) < 4.78 is 0. The number of carbonyl (C=O) groups excluding carboxylic acids is 1. The molecule has 0 bridgehead atoms. The molecule has 1 fully saturated rings. The molecule has 3 aromatic heterocycles. The van der Waals surface area contributed by atoms with Gasteiger partial charge in [0.1, 0.15) is 11.5 Å². The first-order valence-electron chi connectivity index (χ1n) is 10.8. The third-order valence-corrected chi connectivity index (χ3v) is 6.11. The molecule has 1 aliphatic rings. The Bertz CT molecular complexity index is 1490. The van der Waals surface area contributed by atoms with E-state index in [4.69, 9.17) is 5.10 Å². The Morgan fingerprint density at radius 2 is 2.06 bits per heavy atom. The Hall–Kier alpha value is -4.63. The molecular formula is C25H20N8O. The van der Waals surface area contributed by atoms with Gasteiger partial charge in [-0.25, -0.2) is 4.98 Å². The van der Waals surface area contributed by atoms with Gasteiger partial charge < -0.3 is 5.32 Å². The summed E-state index contributed by atoms with van der Waals surface area (Å²) in [5.74, 6) is 0.190. The van der Waals surface area contributed by atoms with E-state index in [0.29, 0.717) is 30.0 Å². The van der Waals surface area contributed by atoms with Crippen molar-refractivity contribution in [3.63, 3.8) is 0 Å². The second kappa shape index (κ2) is 8.38. The summed E-state index contributed by atoms with van der Waals surface area (Å²) >= 11 is 0. The highest BCUT2D eigenvalue weighted by molar-refractivity contribution is 5.97. The smallest absolute Gasteiger partial charge is 0.222 e. The van der Waals surface area contributed by atoms with E-state index in [1.807, 2.05) is 36.4 Å². The van der Waals surface area contributed by atoms with E-state index in [9.17, 15) is 15.3 Å². The van der Waals surface area contributed by atoms with Crippen LogP contribution in [0.5, 0.6) is 0 Å². The molecule has 0 spiro atoms. The van der Waals surface area contributed by atoms with Gasteiger partial charge in [0.15, 0.2) is 0 Å². The topological polar surface area (TPSA) is 133 Å². The lowest BCUT2D eigenvalue weighted by atomic mass is 9.68. The van der Waals surface area contributed by atoms with Crippen LogP contribution in [0.25, 0.3) is 33.4 Å². The van der Waals surface area contributed by atoms with Crippen molar-refractivity contribution in [1.82, 2.24) is 25.0 Å². The number of amides is 1. The van der Waals surface area contributed by atoms with Gasteiger partial charge in [0.25, 0.3) is 0 Å². The molecule has 166 valence electrons. The van der Waals surface area contributed by atoms with Gasteiger partial charge in [0.2, 0.25) is 5.91 Å². The maximum absolute atomic E-state index is 11.5. The lowest BCUT2D eigenvalue weighted by Gasteiger charge is -2.42. The van der Waals surface area contributed by atoms with Crippen LogP contribution in [0.1, 0.15) is 26.2 Å². The van der Waals surface area contributed by atoms with Gasteiger partial charge >= 0.3 is 0 Å². The number of carbonyl (C=O) groups is 1. The zero-order valence-electron chi connectivity index (χ0n) is 18.4. The normalized spacial score (nSPS) is 19.1. The molecule has 4 aromatic rings. The van der Waals surface area contributed by atoms with Crippen LogP contribution in [-0.2, 0) is 10.3 Å². The molecule has 9 nitrogen and oxygen atoms in total. The van der Waals surface area contributed by atoms with Gasteiger partial charge in [-0.15, -0.1) is 0 Å². The summed E-state index contributed by atoms with van der Waals surface area (Å²) in [6.45, 7) is 1.44. The SMILES string of the molecule is CC(=O)Nc1cccc(-c2cc(-c3cnn([C@]4(CC#N)C[C@H](C#N)C4)n3)c3cccnc3c2)n1. The van der Waals surface area contributed by atoms with Crippen LogP contribution in [-0.4, -0.2) is 30.9 Å². The Labute approximate surface area is 195 Å². The number of nitrogens with one attached hydrogen (secondary N) is 1. The first-order valence-corrected chi connectivity index (χ1v) is 10.8. The number of fused-ring (bicyclic) bond motifs is 1. The second-order valence-corrected chi connectivity index (χ2v) is 8.50. The van der Waals surface area contributed by atoms with Crippen molar-refractivity contribution in [2.24, 2.45) is 5.92 Å². The molecule has 5 rings (SSSR count). The van der Waals surface area contributed by atoms with Crippen LogP contribution in [0.3, 0.4) is 0 Å². The maximum Gasteiger partial charge on any atom is 0.222 e. The van der Waals surface area contributed by atoms with Gasteiger partial charge in [0, 0.05) is 29.6 Å². The summed E-state index contributed by atoms with van der Waals surface area (Å²) in [5, 5.41) is 31.4. The minimum Gasteiger partial charge on any atom is -0.311 e. The number of pyridine rings is 2. The van der Waals surface area contributed by atoms with Gasteiger partial charge in [-0.2, -0.15) is 25.5 Å². The predicted octanol–water partition coefficient (Wildman–Crippen LogP) is 4.06. The Morgan fingerprint density at radius 3 is 2.82 bits per heavy atom. The van der Waals surface area contributed by atoms with Crippen LogP contribution in [0.2, 0.25) is 0 Å². The van der Waals surface area contributed by atoms with Gasteiger partial charge in [-0.05, 0) is 43.2 Å². The van der Waals surface area contributed by atoms with E-state index >= 15 is 0 Å². The van der Waals surface area contributed by atoms with Gasteiger partial charge in [-0.3, -0.25) is 9.78 Å². The average molecular weight is 448 g/mol. The van der Waals surface area contributed by atoms with E-state index in [0.717, 1.165) is 22.0 Å². The second-order valence-electron chi connectivity index (χ2n) is 8.50. The van der Waals surface area contributed by atoms with Gasteiger partial charge in [0.05, 0.1) is 47.4 Å². The summed E-state index contributed by atoms with van der Waals surface area (Å²) in [5.41, 5.74) is 3.22. The summed E-state index contributed by atoms with van der Waals surface area (Å²) in [6.07, 6.45) is 4.79. The van der Waals surface area contributed by atoms with Crippen LogP contribution < -0.4 is 5.32 Å². The standard InChI is InChI=1S/C25H20N8O/c1-16(34)30-24-6-2-5-21(31-24)18-10-20(19-4-3-9-28-22(19)11-18)23-15-29-33(32-23)25(7-8-26)12-17(13-25)14-27/h2-6,9-11,15,17H,7,12-13H2,1H3,(H,30,31,34)/t17-,25+. The van der Waals surface area contributed by atoms with Gasteiger partial charge in [-0.1, -0.05) is 12.1 Å². The number of rotatable bonds is 5. The van der Waals surface area contributed by atoms with Crippen molar-refractivity contribution >= 4 is 22.6 Å². The van der Waals surface area contributed by atoms with E-state index in [1.165, 1.54) is 6.92 Å². The van der Waals surface area contributed by atoms with Crippen LogP contribution in [0, 0.1) is 28.6 Å². The molecule has 0 saturated heterocycles. The fourth-order valence-corrected chi connectivity index (χ4v) is 4.48. The zero-order valence-corrected chi connectivity index (χ0v) is 18.4. The molecule has 1 amide bonds. The average Bonchev–Trinajstić information content (AvgIpc) is 3.30. The number of hydrogen-bond acceptors (Lipinski definition) is 7. The highest BCUT2D eigenvalue weighted by atomic mass is 16.1. The number of anilines is 1. The molecule has 0 aliphatic heterocycles. The number of benzene rings is 1. The van der Waals surface area contributed by atoms with Crippen molar-refractivity contribution < 1.29 is 4.79 Å². The number of aromatic nitrogens is 5. The Morgan fingerprint density at radius 1 is 1.21 bits per heavy atom. The first-order chi connectivity index (χ1) is 16.5. The van der Waals surface area contributed by atoms with Crippen LogP contribution in [0.15, 0.2) is 54.9 Å². The molecule has 0 radical (unpaired) electrons. The van der Waals surface area contributed by atoms with Crippen molar-refractivity contribution in [1.29, 1.82) is 10.5 Å². The molecule has 1 saturated carbocycles. The monoisotopic (exact) mass is 448 g/mol. The molecule has 1 aliphatic carbocycles. The Kier molecular flexibility index (Phi) is 5.23. The first kappa shape index (κ1) is 21.2. The fourth-order valence-electron chi connectivity index (χ4n) is 4.48. The largest absolute Gasteiger partial charge is 0.311 e. The molecule has 1 N–H and O–H groups in total. The van der Waals surface area contributed by atoms with Crippen LogP contribution in [0.4, 0.5) is 5.82 Å². The van der Waals surface area contributed by atoms with E-state index < -0.39 is 5.54 Å². The molecular weight excluding hydrogens is 428 g/mol. The summed E-state index contributed by atoms with van der Waals surface area (Å²) in [4.78, 5) is 22.2. The third kappa shape index (κ3) is 3.74. The fraction of sp³-hybridized carbons (Fsp3) is 0.240. The maximum atomic E-state index is 11.5. The van der Waals surface area contributed by atoms with E-state index in [-0.39, 0.29) is 18.2 Å². The lowest BCUT2D eigenvalue weighted by molar-refractivity contribution is -0.114. The number of nitrogens with zero attached hydrogens (tertiary/aromatic N) is 7. The van der Waals surface area contributed by atoms with Crippen molar-refractivity contribution in [3.05, 3.63) is 54.9 Å². The molecule has 34 heavy (non-hydrogen) atoms. The quantitative estimate of drug-likeness (QED) is 0.487. The lowest BCUT2D eigenvalue weighted by Crippen LogP contribution is -2.47. The van der Waals surface area contributed by atoms with Crippen molar-refractivity contribution in [2.45, 2.75) is 31.7 Å². The van der Waals surface area contributed by atoms with Crippen LogP contribution >= 0.6 is 0 Å². The minimum absolute atomic E-state index is 0.0851. The summed E-state index contributed by atoms with van der Waals surface area (Å²) in [6, 6.07) is 17.7. The molecule has 0 unspecified atom stereocenters. The van der Waals surface area contributed by atoms with E-state index in [2.05, 4.69) is 32.5 Å². The highest BCUT2D eigenvalue weighted by Crippen LogP contribution is 2.45. The summed E-state index contributed by atoms with van der Waals surface area (Å²) in [7, 11) is 0. The molecule has 9 heteroatoms. The van der Waals surface area contributed by atoms with Crippen molar-refractivity contribution in [2.75, 3.05) is 5.32 Å².